The van der Waals surface area contributed by atoms with E-state index in [4.69, 9.17) is 0 Å². The van der Waals surface area contributed by atoms with E-state index in [1.807, 2.05) is 6.92 Å². The molecule has 0 spiro atoms. The predicted octanol–water partition coefficient (Wildman–Crippen LogP) is 3.91. The topological polar surface area (TPSA) is 54.5 Å². The number of Topliss-reactive ketones (excluding diaryl/α,β-unsaturated/α-hetero) is 1. The van der Waals surface area contributed by atoms with Crippen LogP contribution in [0.25, 0.3) is 0 Å². The Kier molecular flexibility index (Phi) is 9.01. The first-order chi connectivity index (χ1) is 11.8. The number of hydrogen-bond acceptors (Lipinski definition) is 4. The van der Waals surface area contributed by atoms with Crippen LogP contribution in [-0.4, -0.2) is 44.5 Å². The molecule has 2 rings (SSSR count). The summed E-state index contributed by atoms with van der Waals surface area (Å²) in [6.45, 7) is 9.27. The zero-order chi connectivity index (χ0) is 18.4. The number of ketones is 1. The number of rotatable bonds is 8. The largest absolute Gasteiger partial charge is 0.299 e. The van der Waals surface area contributed by atoms with Crippen LogP contribution >= 0.6 is 12.4 Å². The molecule has 1 aromatic carbocycles. The van der Waals surface area contributed by atoms with Crippen molar-refractivity contribution in [2.24, 2.45) is 5.92 Å². The lowest BCUT2D eigenvalue weighted by atomic mass is 10.00. The molecule has 6 heteroatoms. The first-order valence-corrected chi connectivity index (χ1v) is 10.6. The molecule has 0 saturated heterocycles. The fourth-order valence-electron chi connectivity index (χ4n) is 3.10. The molecule has 1 aliphatic heterocycles. The molecule has 0 aliphatic carbocycles. The van der Waals surface area contributed by atoms with Crippen LogP contribution in [0.3, 0.4) is 0 Å². The van der Waals surface area contributed by atoms with Crippen LogP contribution in [-0.2, 0) is 14.6 Å². The maximum Gasteiger partial charge on any atom is 0.185 e. The van der Waals surface area contributed by atoms with Crippen LogP contribution in [0.4, 0.5) is 0 Å². The van der Waals surface area contributed by atoms with E-state index in [1.54, 1.807) is 30.3 Å². The first-order valence-electron chi connectivity index (χ1n) is 8.97. The molecule has 0 fully saturated rings. The molecule has 0 aromatic heterocycles. The number of halogens is 1. The fraction of sp³-hybridized carbons (Fsp3) is 0.550. The Morgan fingerprint density at radius 3 is 2.42 bits per heavy atom. The van der Waals surface area contributed by atoms with Crippen molar-refractivity contribution in [3.63, 3.8) is 0 Å². The van der Waals surface area contributed by atoms with Gasteiger partial charge in [-0.05, 0) is 51.8 Å². The Balaban J connectivity index is 0.00000338. The Morgan fingerprint density at radius 2 is 1.81 bits per heavy atom. The second kappa shape index (κ2) is 10.2. The monoisotopic (exact) mass is 399 g/mol. The number of nitrogens with zero attached hydrogens (tertiary/aromatic N) is 1. The number of hydrogen-bond donors (Lipinski definition) is 0. The maximum atomic E-state index is 12.3. The summed E-state index contributed by atoms with van der Waals surface area (Å²) in [5.41, 5.74) is 2.94. The van der Waals surface area contributed by atoms with Gasteiger partial charge in [-0.15, -0.1) is 12.4 Å². The van der Waals surface area contributed by atoms with Gasteiger partial charge in [-0.2, -0.15) is 0 Å². The van der Waals surface area contributed by atoms with E-state index < -0.39 is 15.6 Å². The van der Waals surface area contributed by atoms with Crippen LogP contribution in [0.2, 0.25) is 0 Å². The van der Waals surface area contributed by atoms with Gasteiger partial charge in [-0.1, -0.05) is 36.3 Å². The Labute approximate surface area is 164 Å². The number of benzene rings is 1. The molecule has 0 radical (unpaired) electrons. The normalized spacial score (nSPS) is 16.9. The number of carbonyl (C=O) groups excluding carboxylic acids is 1. The second-order valence-corrected chi connectivity index (χ2v) is 9.16. The summed E-state index contributed by atoms with van der Waals surface area (Å²) in [6.07, 6.45) is 2.78. The van der Waals surface area contributed by atoms with Crippen LogP contribution < -0.4 is 0 Å². The van der Waals surface area contributed by atoms with Gasteiger partial charge in [0.05, 0.1) is 4.90 Å². The van der Waals surface area contributed by atoms with E-state index in [0.717, 1.165) is 38.9 Å². The molecule has 26 heavy (non-hydrogen) atoms. The van der Waals surface area contributed by atoms with Gasteiger partial charge in [0.25, 0.3) is 0 Å². The molecular formula is C20H30ClNO3S. The summed E-state index contributed by atoms with van der Waals surface area (Å²) in [7, 11) is -3.53. The van der Waals surface area contributed by atoms with Crippen molar-refractivity contribution >= 4 is 28.0 Å². The highest BCUT2D eigenvalue weighted by molar-refractivity contribution is 7.92. The Hall–Kier alpha value is -1.17. The van der Waals surface area contributed by atoms with Crippen molar-refractivity contribution in [2.45, 2.75) is 44.9 Å². The van der Waals surface area contributed by atoms with Crippen LogP contribution in [0, 0.1) is 5.92 Å². The van der Waals surface area contributed by atoms with E-state index in [9.17, 15) is 13.2 Å². The van der Waals surface area contributed by atoms with Crippen molar-refractivity contribution < 1.29 is 13.2 Å². The molecule has 0 amide bonds. The molecular weight excluding hydrogens is 370 g/mol. The van der Waals surface area contributed by atoms with Gasteiger partial charge >= 0.3 is 0 Å². The minimum atomic E-state index is -3.53. The molecule has 1 unspecified atom stereocenters. The third-order valence-electron chi connectivity index (χ3n) is 5.09. The molecule has 4 nitrogen and oxygen atoms in total. The highest BCUT2D eigenvalue weighted by Crippen LogP contribution is 2.18. The van der Waals surface area contributed by atoms with Gasteiger partial charge in [-0.25, -0.2) is 8.42 Å². The highest BCUT2D eigenvalue weighted by atomic mass is 35.5. The van der Waals surface area contributed by atoms with Crippen molar-refractivity contribution in [2.75, 3.05) is 25.4 Å². The van der Waals surface area contributed by atoms with E-state index in [1.165, 1.54) is 11.1 Å². The van der Waals surface area contributed by atoms with Gasteiger partial charge in [0.15, 0.2) is 15.6 Å². The molecule has 1 aromatic rings. The molecule has 1 aliphatic rings. The number of carbonyl (C=O) groups is 1. The molecule has 0 saturated carbocycles. The minimum absolute atomic E-state index is 0. The van der Waals surface area contributed by atoms with Crippen molar-refractivity contribution in [3.05, 3.63) is 41.5 Å². The van der Waals surface area contributed by atoms with Crippen LogP contribution in [0.1, 0.15) is 40.0 Å². The lowest BCUT2D eigenvalue weighted by Crippen LogP contribution is -2.32. The average Bonchev–Trinajstić information content (AvgIpc) is 2.58. The summed E-state index contributed by atoms with van der Waals surface area (Å²) in [4.78, 5) is 14.9. The van der Waals surface area contributed by atoms with Crippen LogP contribution in [0.15, 0.2) is 46.4 Å². The lowest BCUT2D eigenvalue weighted by Gasteiger charge is -2.28. The Morgan fingerprint density at radius 1 is 1.15 bits per heavy atom. The first kappa shape index (κ1) is 22.9. The third-order valence-corrected chi connectivity index (χ3v) is 6.74. The average molecular weight is 400 g/mol. The van der Waals surface area contributed by atoms with E-state index >= 15 is 0 Å². The van der Waals surface area contributed by atoms with E-state index in [0.29, 0.717) is 0 Å². The van der Waals surface area contributed by atoms with Gasteiger partial charge in [0, 0.05) is 19.0 Å². The van der Waals surface area contributed by atoms with Crippen molar-refractivity contribution in [1.29, 1.82) is 0 Å². The van der Waals surface area contributed by atoms with Gasteiger partial charge in [0.1, 0.15) is 5.75 Å². The minimum Gasteiger partial charge on any atom is -0.299 e. The second-order valence-electron chi connectivity index (χ2n) is 7.17. The van der Waals surface area contributed by atoms with Gasteiger partial charge in [-0.3, -0.25) is 9.69 Å². The maximum absolute atomic E-state index is 12.3. The Bertz CT molecular complexity index is 729. The van der Waals surface area contributed by atoms with Crippen molar-refractivity contribution in [1.82, 2.24) is 4.90 Å². The van der Waals surface area contributed by atoms with Crippen LogP contribution in [0.5, 0.6) is 0 Å². The third kappa shape index (κ3) is 6.53. The quantitative estimate of drug-likeness (QED) is 0.622. The summed E-state index contributed by atoms with van der Waals surface area (Å²) in [5.74, 6) is -0.806. The molecule has 0 N–H and O–H groups in total. The summed E-state index contributed by atoms with van der Waals surface area (Å²) in [6, 6.07) is 8.21. The molecule has 1 atom stereocenters. The fourth-order valence-corrected chi connectivity index (χ4v) is 4.50. The van der Waals surface area contributed by atoms with Crippen molar-refractivity contribution in [3.8, 4) is 0 Å². The summed E-state index contributed by atoms with van der Waals surface area (Å²) >= 11 is 0. The zero-order valence-electron chi connectivity index (χ0n) is 15.9. The summed E-state index contributed by atoms with van der Waals surface area (Å²) in [5, 5.41) is 0. The zero-order valence-corrected chi connectivity index (χ0v) is 17.5. The molecule has 1 heterocycles. The molecule has 146 valence electrons. The smallest absolute Gasteiger partial charge is 0.185 e. The van der Waals surface area contributed by atoms with Gasteiger partial charge in [0.2, 0.25) is 0 Å². The summed E-state index contributed by atoms with van der Waals surface area (Å²) < 4.78 is 24.6. The standard InChI is InChI=1S/C20H29NO3S.ClH/c1-16-11-13-21(14-18(16)3)12-7-8-17(2)20(22)15-25(23,24)19-9-5-4-6-10-19;/h4-6,9-10,17H,7-8,11-15H2,1-3H3;1H. The lowest BCUT2D eigenvalue weighted by molar-refractivity contribution is -0.120. The SMILES string of the molecule is CC1=C(C)CN(CCCC(C)C(=O)CS(=O)(=O)c2ccccc2)CC1.Cl. The van der Waals surface area contributed by atoms with Gasteiger partial charge < -0.3 is 0 Å². The van der Waals surface area contributed by atoms with E-state index in [-0.39, 0.29) is 29.0 Å². The predicted molar refractivity (Wildman–Crippen MR) is 109 cm³/mol. The van der Waals surface area contributed by atoms with E-state index in [2.05, 4.69) is 18.7 Å². The molecule has 0 bridgehead atoms. The number of sulfone groups is 1. The highest BCUT2D eigenvalue weighted by Gasteiger charge is 2.23.